The predicted molar refractivity (Wildman–Crippen MR) is 70.7 cm³/mol. The van der Waals surface area contributed by atoms with E-state index >= 15 is 0 Å². The summed E-state index contributed by atoms with van der Waals surface area (Å²) < 4.78 is 41.0. The van der Waals surface area contributed by atoms with Crippen molar-refractivity contribution in [2.75, 3.05) is 20.3 Å². The highest BCUT2D eigenvalue weighted by molar-refractivity contribution is 7.54. The Morgan fingerprint density at radius 1 is 1.32 bits per heavy atom. The molecule has 1 atom stereocenters. The maximum absolute atomic E-state index is 13.3. The fourth-order valence-corrected chi connectivity index (χ4v) is 3.24. The van der Waals surface area contributed by atoms with Crippen molar-refractivity contribution >= 4 is 7.60 Å². The Balaban J connectivity index is 3.09. The van der Waals surface area contributed by atoms with Crippen molar-refractivity contribution in [1.82, 2.24) is 0 Å². The van der Waals surface area contributed by atoms with E-state index in [0.717, 1.165) is 0 Å². The Labute approximate surface area is 112 Å². The lowest BCUT2D eigenvalue weighted by Gasteiger charge is -2.23. The summed E-state index contributed by atoms with van der Waals surface area (Å²) in [6.07, 6.45) is 0. The molecule has 0 aliphatic rings. The number of methoxy groups -OCH3 is 1. The van der Waals surface area contributed by atoms with E-state index in [4.69, 9.17) is 19.5 Å². The SMILES string of the molecule is CCOP(=O)(OCC)[C@H](N)c1ccc(F)c(OC)c1. The van der Waals surface area contributed by atoms with Gasteiger partial charge in [-0.25, -0.2) is 4.39 Å². The molecular formula is C12H19FNO4P. The van der Waals surface area contributed by atoms with Crippen molar-refractivity contribution in [2.45, 2.75) is 19.6 Å². The fourth-order valence-electron chi connectivity index (χ4n) is 1.60. The van der Waals surface area contributed by atoms with Crippen LogP contribution in [0.5, 0.6) is 5.75 Å². The number of benzene rings is 1. The molecule has 2 N–H and O–H groups in total. The van der Waals surface area contributed by atoms with Gasteiger partial charge in [0.25, 0.3) is 0 Å². The Morgan fingerprint density at radius 2 is 1.89 bits per heavy atom. The standard InChI is InChI=1S/C12H19FNO4P/c1-4-17-19(15,18-5-2)12(14)9-6-7-10(13)11(8-9)16-3/h6-8,12H,4-5,14H2,1-3H3/t12-/m0/s1. The molecule has 108 valence electrons. The molecule has 1 aromatic rings. The first-order chi connectivity index (χ1) is 8.98. The summed E-state index contributed by atoms with van der Waals surface area (Å²) in [5, 5.41) is 0. The van der Waals surface area contributed by atoms with Crippen LogP contribution in [0.3, 0.4) is 0 Å². The number of halogens is 1. The lowest BCUT2D eigenvalue weighted by molar-refractivity contribution is 0.212. The highest BCUT2D eigenvalue weighted by atomic mass is 31.2. The molecule has 0 fully saturated rings. The van der Waals surface area contributed by atoms with Gasteiger partial charge in [0.2, 0.25) is 0 Å². The topological polar surface area (TPSA) is 70.8 Å². The molecule has 19 heavy (non-hydrogen) atoms. The molecule has 0 heterocycles. The van der Waals surface area contributed by atoms with Crippen molar-refractivity contribution in [3.63, 3.8) is 0 Å². The maximum Gasteiger partial charge on any atom is 0.351 e. The van der Waals surface area contributed by atoms with Gasteiger partial charge >= 0.3 is 7.60 Å². The van der Waals surface area contributed by atoms with Crippen LogP contribution in [0.4, 0.5) is 4.39 Å². The van der Waals surface area contributed by atoms with Crippen LogP contribution in [-0.4, -0.2) is 20.3 Å². The third-order valence-corrected chi connectivity index (χ3v) is 4.69. The first-order valence-corrected chi connectivity index (χ1v) is 7.57. The second-order valence-corrected chi connectivity index (χ2v) is 5.87. The molecule has 0 bridgehead atoms. The zero-order chi connectivity index (χ0) is 14.5. The Kier molecular flexibility index (Phi) is 5.94. The van der Waals surface area contributed by atoms with E-state index in [9.17, 15) is 8.96 Å². The first-order valence-electron chi connectivity index (χ1n) is 5.96. The van der Waals surface area contributed by atoms with Crippen molar-refractivity contribution in [1.29, 1.82) is 0 Å². The van der Waals surface area contributed by atoms with Gasteiger partial charge in [-0.1, -0.05) is 6.07 Å². The summed E-state index contributed by atoms with van der Waals surface area (Å²) in [5.74, 6) is -1.46. The lowest BCUT2D eigenvalue weighted by atomic mass is 10.2. The zero-order valence-electron chi connectivity index (χ0n) is 11.3. The zero-order valence-corrected chi connectivity index (χ0v) is 12.2. The molecule has 0 unspecified atom stereocenters. The Morgan fingerprint density at radius 3 is 2.37 bits per heavy atom. The van der Waals surface area contributed by atoms with Crippen molar-refractivity contribution < 1.29 is 22.7 Å². The van der Waals surface area contributed by atoms with E-state index in [2.05, 4.69) is 0 Å². The van der Waals surface area contributed by atoms with Crippen LogP contribution in [0, 0.1) is 5.82 Å². The number of ether oxygens (including phenoxy) is 1. The first kappa shape index (κ1) is 16.1. The van der Waals surface area contributed by atoms with Crippen LogP contribution in [0.25, 0.3) is 0 Å². The summed E-state index contributed by atoms with van der Waals surface area (Å²) >= 11 is 0. The fraction of sp³-hybridized carbons (Fsp3) is 0.500. The molecule has 0 saturated carbocycles. The van der Waals surface area contributed by atoms with Gasteiger partial charge in [0.15, 0.2) is 11.6 Å². The molecule has 1 rings (SSSR count). The van der Waals surface area contributed by atoms with Gasteiger partial charge in [-0.3, -0.25) is 4.57 Å². The van der Waals surface area contributed by atoms with Crippen LogP contribution >= 0.6 is 7.60 Å². The molecule has 0 saturated heterocycles. The van der Waals surface area contributed by atoms with Gasteiger partial charge in [-0.05, 0) is 31.5 Å². The van der Waals surface area contributed by atoms with E-state index < -0.39 is 19.2 Å². The molecule has 0 aliphatic heterocycles. The summed E-state index contributed by atoms with van der Waals surface area (Å²) in [6, 6.07) is 4.04. The molecule has 0 radical (unpaired) electrons. The number of hydrogen-bond acceptors (Lipinski definition) is 5. The van der Waals surface area contributed by atoms with E-state index in [0.29, 0.717) is 5.56 Å². The Hall–Kier alpha value is -0.940. The average molecular weight is 291 g/mol. The highest BCUT2D eigenvalue weighted by Crippen LogP contribution is 2.58. The second-order valence-electron chi connectivity index (χ2n) is 3.71. The number of hydrogen-bond donors (Lipinski definition) is 1. The highest BCUT2D eigenvalue weighted by Gasteiger charge is 2.34. The summed E-state index contributed by atoms with van der Waals surface area (Å²) in [6.45, 7) is 3.82. The molecule has 0 spiro atoms. The minimum atomic E-state index is -3.48. The Bertz CT molecular complexity index is 459. The smallest absolute Gasteiger partial charge is 0.351 e. The number of rotatable bonds is 7. The summed E-state index contributed by atoms with van der Waals surface area (Å²) in [7, 11) is -2.13. The van der Waals surface area contributed by atoms with Gasteiger partial charge in [0.05, 0.1) is 20.3 Å². The second kappa shape index (κ2) is 7.01. The third-order valence-electron chi connectivity index (χ3n) is 2.48. The van der Waals surface area contributed by atoms with Crippen molar-refractivity contribution in [2.24, 2.45) is 5.73 Å². The van der Waals surface area contributed by atoms with Crippen LogP contribution < -0.4 is 10.5 Å². The van der Waals surface area contributed by atoms with Crippen LogP contribution in [-0.2, 0) is 13.6 Å². The van der Waals surface area contributed by atoms with E-state index in [-0.39, 0.29) is 19.0 Å². The summed E-state index contributed by atoms with van der Waals surface area (Å²) in [5.41, 5.74) is 6.36. The van der Waals surface area contributed by atoms with Gasteiger partial charge < -0.3 is 19.5 Å². The normalized spacial score (nSPS) is 13.3. The van der Waals surface area contributed by atoms with Crippen LogP contribution in [0.1, 0.15) is 25.2 Å². The largest absolute Gasteiger partial charge is 0.494 e. The van der Waals surface area contributed by atoms with E-state index in [1.54, 1.807) is 13.8 Å². The van der Waals surface area contributed by atoms with Crippen LogP contribution in [0.2, 0.25) is 0 Å². The average Bonchev–Trinajstić information content (AvgIpc) is 2.39. The number of nitrogens with two attached hydrogens (primary N) is 1. The predicted octanol–water partition coefficient (Wildman–Crippen LogP) is 3.06. The molecule has 0 aromatic heterocycles. The quantitative estimate of drug-likeness (QED) is 0.782. The molecule has 0 amide bonds. The molecule has 1 aromatic carbocycles. The van der Waals surface area contributed by atoms with E-state index in [1.165, 1.54) is 25.3 Å². The molecule has 7 heteroatoms. The summed E-state index contributed by atoms with van der Waals surface area (Å²) in [4.78, 5) is 0. The lowest BCUT2D eigenvalue weighted by Crippen LogP contribution is -2.15. The van der Waals surface area contributed by atoms with Gasteiger partial charge in [0.1, 0.15) is 5.78 Å². The minimum Gasteiger partial charge on any atom is -0.494 e. The third kappa shape index (κ3) is 3.76. The molecule has 0 aliphatic carbocycles. The van der Waals surface area contributed by atoms with Crippen molar-refractivity contribution in [3.8, 4) is 5.75 Å². The molecular weight excluding hydrogens is 272 g/mol. The van der Waals surface area contributed by atoms with Gasteiger partial charge in [0, 0.05) is 0 Å². The monoisotopic (exact) mass is 291 g/mol. The minimum absolute atomic E-state index is 0.0347. The van der Waals surface area contributed by atoms with Gasteiger partial charge in [-0.15, -0.1) is 0 Å². The van der Waals surface area contributed by atoms with E-state index in [1.807, 2.05) is 0 Å². The maximum atomic E-state index is 13.3. The van der Waals surface area contributed by atoms with Gasteiger partial charge in [-0.2, -0.15) is 0 Å². The molecule has 5 nitrogen and oxygen atoms in total. The van der Waals surface area contributed by atoms with Crippen LogP contribution in [0.15, 0.2) is 18.2 Å². The van der Waals surface area contributed by atoms with Crippen molar-refractivity contribution in [3.05, 3.63) is 29.6 Å².